The molecule has 136 valence electrons. The van der Waals surface area contributed by atoms with Crippen molar-refractivity contribution in [2.45, 2.75) is 40.2 Å². The number of anilines is 1. The molecular weight excluding hydrogens is 328 g/mol. The number of aromatic amines is 1. The monoisotopic (exact) mass is 352 g/mol. The maximum absolute atomic E-state index is 12.4. The molecule has 0 aromatic carbocycles. The second-order valence-corrected chi connectivity index (χ2v) is 7.25. The van der Waals surface area contributed by atoms with Crippen molar-refractivity contribution >= 4 is 16.9 Å². The third kappa shape index (κ3) is 2.98. The van der Waals surface area contributed by atoms with Gasteiger partial charge in [0.1, 0.15) is 11.8 Å². The zero-order valence-corrected chi connectivity index (χ0v) is 15.5. The minimum Gasteiger partial charge on any atom is -0.355 e. The fourth-order valence-corrected chi connectivity index (χ4v) is 3.71. The molecule has 0 radical (unpaired) electrons. The van der Waals surface area contributed by atoms with E-state index in [1.54, 1.807) is 17.2 Å². The van der Waals surface area contributed by atoms with Gasteiger partial charge in [0.2, 0.25) is 0 Å². The standard InChI is InChI=1S/C19H24N6O/c1-12-8-16-17(23-12)18(21-10-20-16)24-6-4-15(5-7-24)9-25-11-22-14(3)13(2)19(25)26/h8,10-11,15,23H,4-7,9H2,1-3H3. The summed E-state index contributed by atoms with van der Waals surface area (Å²) in [6.07, 6.45) is 5.39. The van der Waals surface area contributed by atoms with Crippen molar-refractivity contribution in [3.8, 4) is 0 Å². The van der Waals surface area contributed by atoms with E-state index < -0.39 is 0 Å². The number of fused-ring (bicyclic) bond motifs is 1. The van der Waals surface area contributed by atoms with Crippen LogP contribution in [0.3, 0.4) is 0 Å². The molecule has 1 saturated heterocycles. The van der Waals surface area contributed by atoms with Crippen molar-refractivity contribution in [1.29, 1.82) is 0 Å². The van der Waals surface area contributed by atoms with Crippen molar-refractivity contribution in [2.24, 2.45) is 5.92 Å². The lowest BCUT2D eigenvalue weighted by molar-refractivity contribution is 0.349. The number of H-pyrrole nitrogens is 1. The fourth-order valence-electron chi connectivity index (χ4n) is 3.71. The lowest BCUT2D eigenvalue weighted by Crippen LogP contribution is -2.37. The van der Waals surface area contributed by atoms with Crippen molar-refractivity contribution in [3.63, 3.8) is 0 Å². The van der Waals surface area contributed by atoms with E-state index in [0.29, 0.717) is 5.92 Å². The second kappa shape index (κ2) is 6.55. The molecule has 0 amide bonds. The molecule has 0 unspecified atom stereocenters. The Bertz CT molecular complexity index is 997. The first-order chi connectivity index (χ1) is 12.5. The number of rotatable bonds is 3. The van der Waals surface area contributed by atoms with Gasteiger partial charge in [0.15, 0.2) is 5.82 Å². The first-order valence-corrected chi connectivity index (χ1v) is 9.11. The van der Waals surface area contributed by atoms with Gasteiger partial charge in [0.25, 0.3) is 5.56 Å². The van der Waals surface area contributed by atoms with Gasteiger partial charge in [0, 0.05) is 36.6 Å². The normalized spacial score (nSPS) is 15.7. The molecule has 26 heavy (non-hydrogen) atoms. The van der Waals surface area contributed by atoms with Crippen LogP contribution in [0.5, 0.6) is 0 Å². The largest absolute Gasteiger partial charge is 0.355 e. The Morgan fingerprint density at radius 1 is 1.15 bits per heavy atom. The van der Waals surface area contributed by atoms with Gasteiger partial charge in [-0.05, 0) is 45.6 Å². The summed E-state index contributed by atoms with van der Waals surface area (Å²) in [5, 5.41) is 0. The molecule has 0 aliphatic carbocycles. The molecule has 3 aromatic rings. The van der Waals surface area contributed by atoms with Crippen LogP contribution in [0.2, 0.25) is 0 Å². The van der Waals surface area contributed by atoms with Gasteiger partial charge < -0.3 is 9.88 Å². The van der Waals surface area contributed by atoms with Gasteiger partial charge in [-0.1, -0.05) is 0 Å². The molecule has 7 heteroatoms. The average molecular weight is 352 g/mol. The molecule has 1 N–H and O–H groups in total. The van der Waals surface area contributed by atoms with Gasteiger partial charge in [-0.2, -0.15) is 0 Å². The topological polar surface area (TPSA) is 79.7 Å². The highest BCUT2D eigenvalue weighted by atomic mass is 16.1. The quantitative estimate of drug-likeness (QED) is 0.783. The number of nitrogens with one attached hydrogen (secondary N) is 1. The third-order valence-corrected chi connectivity index (χ3v) is 5.42. The van der Waals surface area contributed by atoms with Crippen LogP contribution in [0.15, 0.2) is 23.5 Å². The second-order valence-electron chi connectivity index (χ2n) is 7.25. The Kier molecular flexibility index (Phi) is 4.22. The summed E-state index contributed by atoms with van der Waals surface area (Å²) in [5.74, 6) is 1.46. The van der Waals surface area contributed by atoms with Gasteiger partial charge in [-0.3, -0.25) is 9.36 Å². The highest BCUT2D eigenvalue weighted by Gasteiger charge is 2.23. The van der Waals surface area contributed by atoms with E-state index in [9.17, 15) is 4.79 Å². The van der Waals surface area contributed by atoms with Crippen LogP contribution in [-0.4, -0.2) is 37.6 Å². The Morgan fingerprint density at radius 2 is 1.92 bits per heavy atom. The first-order valence-electron chi connectivity index (χ1n) is 9.11. The number of aromatic nitrogens is 5. The first kappa shape index (κ1) is 16.8. The van der Waals surface area contributed by atoms with Crippen LogP contribution in [0.25, 0.3) is 11.0 Å². The van der Waals surface area contributed by atoms with Crippen molar-refractivity contribution in [1.82, 2.24) is 24.5 Å². The molecule has 0 spiro atoms. The Balaban J connectivity index is 1.47. The van der Waals surface area contributed by atoms with E-state index in [4.69, 9.17) is 0 Å². The van der Waals surface area contributed by atoms with Crippen LogP contribution >= 0.6 is 0 Å². The summed E-state index contributed by atoms with van der Waals surface area (Å²) >= 11 is 0. The molecule has 1 aliphatic rings. The molecule has 7 nitrogen and oxygen atoms in total. The van der Waals surface area contributed by atoms with Gasteiger partial charge in [-0.25, -0.2) is 15.0 Å². The van der Waals surface area contributed by atoms with Crippen molar-refractivity contribution in [2.75, 3.05) is 18.0 Å². The van der Waals surface area contributed by atoms with E-state index >= 15 is 0 Å². The predicted octanol–water partition coefficient (Wildman–Crippen LogP) is 2.36. The van der Waals surface area contributed by atoms with Gasteiger partial charge in [0.05, 0.1) is 11.8 Å². The number of hydrogen-bond donors (Lipinski definition) is 1. The Morgan fingerprint density at radius 3 is 2.69 bits per heavy atom. The summed E-state index contributed by atoms with van der Waals surface area (Å²) in [6.45, 7) is 8.37. The maximum Gasteiger partial charge on any atom is 0.256 e. The molecule has 0 bridgehead atoms. The zero-order chi connectivity index (χ0) is 18.3. The van der Waals surface area contributed by atoms with Crippen molar-refractivity contribution < 1.29 is 0 Å². The highest BCUT2D eigenvalue weighted by Crippen LogP contribution is 2.27. The van der Waals surface area contributed by atoms with Crippen LogP contribution in [-0.2, 0) is 6.54 Å². The summed E-state index contributed by atoms with van der Waals surface area (Å²) in [7, 11) is 0. The van der Waals surface area contributed by atoms with E-state index in [2.05, 4.69) is 24.8 Å². The van der Waals surface area contributed by atoms with E-state index in [1.165, 1.54) is 0 Å². The fraction of sp³-hybridized carbons (Fsp3) is 0.474. The molecule has 1 aliphatic heterocycles. The Hall–Kier alpha value is -2.70. The molecule has 4 heterocycles. The van der Waals surface area contributed by atoms with E-state index in [-0.39, 0.29) is 5.56 Å². The maximum atomic E-state index is 12.4. The molecule has 1 fully saturated rings. The molecule has 4 rings (SSSR count). The zero-order valence-electron chi connectivity index (χ0n) is 15.5. The van der Waals surface area contributed by atoms with E-state index in [1.807, 2.05) is 26.8 Å². The molecule has 0 saturated carbocycles. The SMILES string of the molecule is Cc1cc2ncnc(N3CCC(Cn4cnc(C)c(C)c4=O)CC3)c2[nH]1. The lowest BCUT2D eigenvalue weighted by Gasteiger charge is -2.33. The van der Waals surface area contributed by atoms with Crippen LogP contribution in [0.1, 0.15) is 29.8 Å². The summed E-state index contributed by atoms with van der Waals surface area (Å²) in [4.78, 5) is 31.3. The number of nitrogens with zero attached hydrogens (tertiary/aromatic N) is 5. The van der Waals surface area contributed by atoms with Crippen molar-refractivity contribution in [3.05, 3.63) is 46.0 Å². The number of hydrogen-bond acceptors (Lipinski definition) is 5. The lowest BCUT2D eigenvalue weighted by atomic mass is 9.96. The molecular formula is C19H24N6O. The third-order valence-electron chi connectivity index (χ3n) is 5.42. The Labute approximate surface area is 152 Å². The smallest absolute Gasteiger partial charge is 0.256 e. The van der Waals surface area contributed by atoms with Crippen LogP contribution < -0.4 is 10.5 Å². The van der Waals surface area contributed by atoms with Gasteiger partial charge >= 0.3 is 0 Å². The highest BCUT2D eigenvalue weighted by molar-refractivity contribution is 5.86. The predicted molar refractivity (Wildman–Crippen MR) is 102 cm³/mol. The minimum absolute atomic E-state index is 0.0827. The van der Waals surface area contributed by atoms with Crippen LogP contribution in [0.4, 0.5) is 5.82 Å². The molecule has 0 atom stereocenters. The minimum atomic E-state index is 0.0827. The van der Waals surface area contributed by atoms with Crippen LogP contribution in [0, 0.1) is 26.7 Å². The number of piperidine rings is 1. The average Bonchev–Trinajstić information content (AvgIpc) is 3.03. The summed E-state index contributed by atoms with van der Waals surface area (Å²) in [6, 6.07) is 2.05. The summed E-state index contributed by atoms with van der Waals surface area (Å²) < 4.78 is 1.76. The van der Waals surface area contributed by atoms with E-state index in [0.717, 1.165) is 66.3 Å². The van der Waals surface area contributed by atoms with Gasteiger partial charge in [-0.15, -0.1) is 0 Å². The summed E-state index contributed by atoms with van der Waals surface area (Å²) in [5.41, 5.74) is 4.71. The molecule has 3 aromatic heterocycles. The number of aryl methyl sites for hydroxylation is 2.